The molecule has 0 atom stereocenters. The Morgan fingerprint density at radius 1 is 1.47 bits per heavy atom. The lowest BCUT2D eigenvalue weighted by Crippen LogP contribution is -2.41. The van der Waals surface area contributed by atoms with Gasteiger partial charge in [-0.1, -0.05) is 12.8 Å². The van der Waals surface area contributed by atoms with Crippen molar-refractivity contribution in [3.8, 4) is 0 Å². The average Bonchev–Trinajstić information content (AvgIpc) is 2.97. The lowest BCUT2D eigenvalue weighted by atomic mass is 10.2. The van der Waals surface area contributed by atoms with Crippen LogP contribution in [0.5, 0.6) is 0 Å². The summed E-state index contributed by atoms with van der Waals surface area (Å²) in [5, 5.41) is 6.23. The maximum atomic E-state index is 12.4. The second kappa shape index (κ2) is 5.16. The molecular weight excluding hydrogens is 240 g/mol. The van der Waals surface area contributed by atoms with Crippen molar-refractivity contribution in [1.82, 2.24) is 14.5 Å². The van der Waals surface area contributed by atoms with Crippen LogP contribution >= 0.6 is 0 Å². The molecule has 0 amide bonds. The Balaban J connectivity index is 2.26. The maximum Gasteiger partial charge on any atom is 0.246 e. The zero-order valence-electron chi connectivity index (χ0n) is 9.67. The summed E-state index contributed by atoms with van der Waals surface area (Å²) in [5.74, 6) is 0. The number of nitrogens with two attached hydrogens (primary N) is 1. The van der Waals surface area contributed by atoms with E-state index in [1.54, 1.807) is 0 Å². The third kappa shape index (κ3) is 2.51. The van der Waals surface area contributed by atoms with E-state index in [-0.39, 0.29) is 10.9 Å². The molecule has 0 aliphatic heterocycles. The zero-order chi connectivity index (χ0) is 12.3. The second-order valence-electron chi connectivity index (χ2n) is 4.28. The molecule has 1 aromatic rings. The fourth-order valence-corrected chi connectivity index (χ4v) is 3.94. The van der Waals surface area contributed by atoms with Gasteiger partial charge in [-0.05, 0) is 12.8 Å². The van der Waals surface area contributed by atoms with E-state index < -0.39 is 10.0 Å². The Bertz CT molecular complexity index is 437. The molecule has 1 aromatic heterocycles. The molecule has 0 saturated heterocycles. The summed E-state index contributed by atoms with van der Waals surface area (Å²) in [7, 11) is -3.44. The molecule has 3 N–H and O–H groups in total. The predicted molar refractivity (Wildman–Crippen MR) is 63.8 cm³/mol. The van der Waals surface area contributed by atoms with Gasteiger partial charge in [0.2, 0.25) is 10.0 Å². The molecule has 0 bridgehead atoms. The van der Waals surface area contributed by atoms with Gasteiger partial charge in [-0.15, -0.1) is 0 Å². The van der Waals surface area contributed by atoms with Gasteiger partial charge in [0.25, 0.3) is 0 Å². The van der Waals surface area contributed by atoms with Crippen LogP contribution in [0.3, 0.4) is 0 Å². The summed E-state index contributed by atoms with van der Waals surface area (Å²) in [6.07, 6.45) is 6.79. The summed E-state index contributed by atoms with van der Waals surface area (Å²) in [6.45, 7) is 0.714. The van der Waals surface area contributed by atoms with Crippen LogP contribution in [0.15, 0.2) is 17.3 Å². The molecular formula is C10H18N4O2S. The van der Waals surface area contributed by atoms with Gasteiger partial charge in [0.15, 0.2) is 0 Å². The Labute approximate surface area is 101 Å². The van der Waals surface area contributed by atoms with E-state index in [9.17, 15) is 8.42 Å². The highest BCUT2D eigenvalue weighted by Gasteiger charge is 2.33. The normalized spacial score (nSPS) is 18.0. The van der Waals surface area contributed by atoms with Gasteiger partial charge in [-0.2, -0.15) is 9.40 Å². The van der Waals surface area contributed by atoms with Gasteiger partial charge in [0.1, 0.15) is 4.90 Å². The largest absolute Gasteiger partial charge is 0.329 e. The molecule has 1 aliphatic carbocycles. The van der Waals surface area contributed by atoms with Crippen LogP contribution in [-0.2, 0) is 10.0 Å². The molecule has 0 spiro atoms. The van der Waals surface area contributed by atoms with Gasteiger partial charge in [-0.25, -0.2) is 8.42 Å². The van der Waals surface area contributed by atoms with Crippen molar-refractivity contribution in [3.63, 3.8) is 0 Å². The average molecular weight is 258 g/mol. The van der Waals surface area contributed by atoms with E-state index in [4.69, 9.17) is 5.73 Å². The van der Waals surface area contributed by atoms with Gasteiger partial charge in [0.05, 0.1) is 6.20 Å². The Morgan fingerprint density at radius 2 is 2.18 bits per heavy atom. The molecule has 17 heavy (non-hydrogen) atoms. The van der Waals surface area contributed by atoms with Crippen molar-refractivity contribution in [1.29, 1.82) is 0 Å². The lowest BCUT2D eigenvalue weighted by molar-refractivity contribution is 0.329. The molecule has 0 aromatic carbocycles. The minimum Gasteiger partial charge on any atom is -0.329 e. The van der Waals surface area contributed by atoms with Crippen LogP contribution in [0, 0.1) is 0 Å². The number of aromatic nitrogens is 2. The minimum absolute atomic E-state index is 0.0958. The highest BCUT2D eigenvalue weighted by atomic mass is 32.2. The molecule has 2 rings (SSSR count). The molecule has 7 heteroatoms. The van der Waals surface area contributed by atoms with Crippen LogP contribution in [0.4, 0.5) is 0 Å². The molecule has 1 aliphatic rings. The summed E-state index contributed by atoms with van der Waals surface area (Å²) < 4.78 is 26.3. The van der Waals surface area contributed by atoms with E-state index in [1.165, 1.54) is 16.7 Å². The Morgan fingerprint density at radius 3 is 2.71 bits per heavy atom. The standard InChI is InChI=1S/C10H18N4O2S/c11-5-6-14(9-3-1-2-4-9)17(15,16)10-7-12-13-8-10/h7-9H,1-6,11H2,(H,12,13). The quantitative estimate of drug-likeness (QED) is 0.794. The van der Waals surface area contributed by atoms with Crippen molar-refractivity contribution < 1.29 is 8.42 Å². The van der Waals surface area contributed by atoms with Gasteiger partial charge >= 0.3 is 0 Å². The zero-order valence-corrected chi connectivity index (χ0v) is 10.5. The molecule has 0 radical (unpaired) electrons. The van der Waals surface area contributed by atoms with Gasteiger partial charge in [0, 0.05) is 25.3 Å². The molecule has 6 nitrogen and oxygen atoms in total. The fourth-order valence-electron chi connectivity index (χ4n) is 2.33. The van der Waals surface area contributed by atoms with Crippen molar-refractivity contribution in [2.45, 2.75) is 36.6 Å². The highest BCUT2D eigenvalue weighted by Crippen LogP contribution is 2.27. The van der Waals surface area contributed by atoms with Crippen molar-refractivity contribution in [3.05, 3.63) is 12.4 Å². The lowest BCUT2D eigenvalue weighted by Gasteiger charge is -2.26. The van der Waals surface area contributed by atoms with Gasteiger partial charge in [-0.3, -0.25) is 5.10 Å². The first-order chi connectivity index (χ1) is 8.16. The van der Waals surface area contributed by atoms with Crippen LogP contribution in [0.25, 0.3) is 0 Å². The molecule has 1 heterocycles. The summed E-state index contributed by atoms with van der Waals surface area (Å²) in [4.78, 5) is 0.220. The highest BCUT2D eigenvalue weighted by molar-refractivity contribution is 7.89. The molecule has 0 unspecified atom stereocenters. The van der Waals surface area contributed by atoms with Crippen LogP contribution in [0.1, 0.15) is 25.7 Å². The van der Waals surface area contributed by atoms with E-state index >= 15 is 0 Å². The minimum atomic E-state index is -3.44. The van der Waals surface area contributed by atoms with Crippen LogP contribution in [-0.4, -0.2) is 42.1 Å². The first kappa shape index (κ1) is 12.5. The molecule has 96 valence electrons. The van der Waals surface area contributed by atoms with Crippen molar-refractivity contribution >= 4 is 10.0 Å². The Kier molecular flexibility index (Phi) is 3.80. The second-order valence-corrected chi connectivity index (χ2v) is 6.17. The summed E-state index contributed by atoms with van der Waals surface area (Å²) in [5.41, 5.74) is 5.52. The van der Waals surface area contributed by atoms with E-state index in [1.807, 2.05) is 0 Å². The van der Waals surface area contributed by atoms with Crippen LogP contribution in [0.2, 0.25) is 0 Å². The fraction of sp³-hybridized carbons (Fsp3) is 0.700. The third-order valence-corrected chi connectivity index (χ3v) is 5.08. The number of nitrogens with one attached hydrogen (secondary N) is 1. The van der Waals surface area contributed by atoms with Crippen LogP contribution < -0.4 is 5.73 Å². The summed E-state index contributed by atoms with van der Waals surface area (Å²) in [6, 6.07) is 0.0958. The van der Waals surface area contributed by atoms with Crippen molar-refractivity contribution in [2.24, 2.45) is 5.73 Å². The number of sulfonamides is 1. The van der Waals surface area contributed by atoms with Gasteiger partial charge < -0.3 is 5.73 Å². The maximum absolute atomic E-state index is 12.4. The summed E-state index contributed by atoms with van der Waals surface area (Å²) >= 11 is 0. The number of H-pyrrole nitrogens is 1. The van der Waals surface area contributed by atoms with E-state index in [2.05, 4.69) is 10.2 Å². The Hall–Kier alpha value is -0.920. The number of hydrogen-bond donors (Lipinski definition) is 2. The molecule has 1 fully saturated rings. The number of rotatable bonds is 5. The van der Waals surface area contributed by atoms with Crippen molar-refractivity contribution in [2.75, 3.05) is 13.1 Å². The monoisotopic (exact) mass is 258 g/mol. The first-order valence-electron chi connectivity index (χ1n) is 5.87. The number of nitrogens with zero attached hydrogens (tertiary/aromatic N) is 2. The number of aromatic amines is 1. The molecule has 1 saturated carbocycles. The smallest absolute Gasteiger partial charge is 0.246 e. The van der Waals surface area contributed by atoms with E-state index in [0.717, 1.165) is 25.7 Å². The topological polar surface area (TPSA) is 92.1 Å². The SMILES string of the molecule is NCCN(C1CCCC1)S(=O)(=O)c1cn[nH]c1. The van der Waals surface area contributed by atoms with E-state index in [0.29, 0.717) is 13.1 Å². The first-order valence-corrected chi connectivity index (χ1v) is 7.31. The predicted octanol–water partition coefficient (Wildman–Crippen LogP) is 0.302. The number of hydrogen-bond acceptors (Lipinski definition) is 4. The third-order valence-electron chi connectivity index (χ3n) is 3.16.